The molecule has 0 aliphatic carbocycles. The van der Waals surface area contributed by atoms with Gasteiger partial charge < -0.3 is 15.1 Å². The fraction of sp³-hybridized carbons (Fsp3) is 0.250. The van der Waals surface area contributed by atoms with Gasteiger partial charge in [0.15, 0.2) is 0 Å². The highest BCUT2D eigenvalue weighted by Crippen LogP contribution is 2.29. The van der Waals surface area contributed by atoms with Crippen molar-refractivity contribution in [1.82, 2.24) is 0 Å². The number of benzene rings is 2. The Hall–Kier alpha value is -3.40. The monoisotopic (exact) mass is 432 g/mol. The number of carbonyl (C=O) groups excluding carboxylic acids is 3. The van der Waals surface area contributed by atoms with Gasteiger partial charge in [0.05, 0.1) is 10.6 Å². The molecule has 9 nitrogen and oxygen atoms in total. The van der Waals surface area contributed by atoms with Crippen LogP contribution in [0.2, 0.25) is 0 Å². The van der Waals surface area contributed by atoms with Gasteiger partial charge in [0.1, 0.15) is 0 Å². The summed E-state index contributed by atoms with van der Waals surface area (Å²) in [4.78, 5) is 37.3. The van der Waals surface area contributed by atoms with Gasteiger partial charge in [-0.3, -0.25) is 19.1 Å². The average molecular weight is 433 g/mol. The highest BCUT2D eigenvalue weighted by atomic mass is 32.2. The number of anilines is 4. The molecule has 0 aromatic heterocycles. The molecule has 0 atom stereocenters. The molecule has 0 aliphatic heterocycles. The number of nitrogens with zero attached hydrogens (tertiary/aromatic N) is 2. The minimum Gasteiger partial charge on any atom is -0.326 e. The summed E-state index contributed by atoms with van der Waals surface area (Å²) in [5.41, 5.74) is 1.50. The van der Waals surface area contributed by atoms with Gasteiger partial charge in [0.2, 0.25) is 17.7 Å². The summed E-state index contributed by atoms with van der Waals surface area (Å²) in [6.07, 6.45) is 0. The van der Waals surface area contributed by atoms with Crippen LogP contribution in [0, 0.1) is 0 Å². The first-order chi connectivity index (χ1) is 13.9. The van der Waals surface area contributed by atoms with Gasteiger partial charge in [-0.25, -0.2) is 8.42 Å². The summed E-state index contributed by atoms with van der Waals surface area (Å²) >= 11 is 0. The summed E-state index contributed by atoms with van der Waals surface area (Å²) in [7, 11) is -0.854. The van der Waals surface area contributed by atoms with Gasteiger partial charge in [-0.1, -0.05) is 0 Å². The van der Waals surface area contributed by atoms with Crippen molar-refractivity contribution in [3.63, 3.8) is 0 Å². The number of sulfonamides is 1. The Labute approximate surface area is 175 Å². The Bertz CT molecular complexity index is 1040. The van der Waals surface area contributed by atoms with Crippen LogP contribution in [-0.4, -0.2) is 40.2 Å². The standard InChI is InChI=1S/C20H24N4O5S/c1-13(25)21-16-6-8-20(9-7-16)30(28,29)22-17-10-18(23(4)14(2)26)12-19(11-17)24(5)15(3)27/h6-12,22H,1-5H3,(H,21,25). The maximum atomic E-state index is 12.8. The molecule has 0 unspecified atom stereocenters. The molecule has 0 radical (unpaired) electrons. The maximum Gasteiger partial charge on any atom is 0.261 e. The maximum absolute atomic E-state index is 12.8. The van der Waals surface area contributed by atoms with Crippen LogP contribution < -0.4 is 19.8 Å². The predicted octanol–water partition coefficient (Wildman–Crippen LogP) is 2.41. The van der Waals surface area contributed by atoms with Crippen LogP contribution in [0.1, 0.15) is 20.8 Å². The van der Waals surface area contributed by atoms with Crippen molar-refractivity contribution in [2.24, 2.45) is 0 Å². The largest absolute Gasteiger partial charge is 0.326 e. The van der Waals surface area contributed by atoms with Crippen molar-refractivity contribution < 1.29 is 22.8 Å². The van der Waals surface area contributed by atoms with E-state index in [1.165, 1.54) is 67.0 Å². The predicted molar refractivity (Wildman–Crippen MR) is 116 cm³/mol. The molecular formula is C20H24N4O5S. The van der Waals surface area contributed by atoms with E-state index < -0.39 is 10.0 Å². The van der Waals surface area contributed by atoms with E-state index in [2.05, 4.69) is 10.0 Å². The molecule has 2 N–H and O–H groups in total. The van der Waals surface area contributed by atoms with Crippen molar-refractivity contribution in [1.29, 1.82) is 0 Å². The van der Waals surface area contributed by atoms with Crippen LogP contribution in [0.15, 0.2) is 47.4 Å². The van der Waals surface area contributed by atoms with E-state index in [1.807, 2.05) is 0 Å². The number of carbonyl (C=O) groups is 3. The fourth-order valence-electron chi connectivity index (χ4n) is 2.54. The highest BCUT2D eigenvalue weighted by molar-refractivity contribution is 7.92. The zero-order chi connectivity index (χ0) is 22.6. The van der Waals surface area contributed by atoms with Gasteiger partial charge in [0, 0.05) is 51.9 Å². The number of hydrogen-bond donors (Lipinski definition) is 2. The van der Waals surface area contributed by atoms with Crippen molar-refractivity contribution >= 4 is 50.5 Å². The van der Waals surface area contributed by atoms with Crippen molar-refractivity contribution in [2.75, 3.05) is 33.9 Å². The average Bonchev–Trinajstić information content (AvgIpc) is 2.65. The van der Waals surface area contributed by atoms with E-state index in [0.29, 0.717) is 17.1 Å². The van der Waals surface area contributed by atoms with Crippen LogP contribution in [0.5, 0.6) is 0 Å². The van der Waals surface area contributed by atoms with Crippen LogP contribution in [-0.2, 0) is 24.4 Å². The van der Waals surface area contributed by atoms with E-state index in [4.69, 9.17) is 0 Å². The molecule has 160 valence electrons. The lowest BCUT2D eigenvalue weighted by molar-refractivity contribution is -0.117. The van der Waals surface area contributed by atoms with Crippen LogP contribution in [0.3, 0.4) is 0 Å². The summed E-state index contributed by atoms with van der Waals surface area (Å²) in [5, 5.41) is 2.57. The molecule has 0 spiro atoms. The Morgan fingerprint density at radius 3 is 1.63 bits per heavy atom. The highest BCUT2D eigenvalue weighted by Gasteiger charge is 2.18. The van der Waals surface area contributed by atoms with Gasteiger partial charge in [-0.05, 0) is 42.5 Å². The third-order valence-corrected chi connectivity index (χ3v) is 5.76. The van der Waals surface area contributed by atoms with E-state index in [1.54, 1.807) is 20.2 Å². The molecule has 3 amide bonds. The van der Waals surface area contributed by atoms with Crippen molar-refractivity contribution in [3.05, 3.63) is 42.5 Å². The topological polar surface area (TPSA) is 116 Å². The lowest BCUT2D eigenvalue weighted by Crippen LogP contribution is -2.26. The van der Waals surface area contributed by atoms with E-state index >= 15 is 0 Å². The second kappa shape index (κ2) is 8.95. The van der Waals surface area contributed by atoms with Gasteiger partial charge in [-0.15, -0.1) is 0 Å². The molecule has 10 heteroatoms. The smallest absolute Gasteiger partial charge is 0.261 e. The fourth-order valence-corrected chi connectivity index (χ4v) is 3.58. The zero-order valence-electron chi connectivity index (χ0n) is 17.4. The molecule has 0 fully saturated rings. The summed E-state index contributed by atoms with van der Waals surface area (Å²) < 4.78 is 28.1. The van der Waals surface area contributed by atoms with E-state index in [9.17, 15) is 22.8 Å². The molecule has 0 heterocycles. The molecule has 30 heavy (non-hydrogen) atoms. The molecule has 0 bridgehead atoms. The van der Waals surface area contributed by atoms with Crippen LogP contribution >= 0.6 is 0 Å². The summed E-state index contributed by atoms with van der Waals surface area (Å²) in [5.74, 6) is -0.766. The Morgan fingerprint density at radius 2 is 1.23 bits per heavy atom. The quantitative estimate of drug-likeness (QED) is 0.727. The SMILES string of the molecule is CC(=O)Nc1ccc(S(=O)(=O)Nc2cc(N(C)C(C)=O)cc(N(C)C(C)=O)c2)cc1. The number of hydrogen-bond acceptors (Lipinski definition) is 5. The van der Waals surface area contributed by atoms with E-state index in [-0.39, 0.29) is 28.3 Å². The van der Waals surface area contributed by atoms with Gasteiger partial charge >= 0.3 is 0 Å². The molecule has 0 saturated heterocycles. The Kier molecular flexibility index (Phi) is 6.83. The Morgan fingerprint density at radius 1 is 0.767 bits per heavy atom. The van der Waals surface area contributed by atoms with Crippen molar-refractivity contribution in [3.8, 4) is 0 Å². The summed E-state index contributed by atoms with van der Waals surface area (Å²) in [6.45, 7) is 4.11. The summed E-state index contributed by atoms with van der Waals surface area (Å²) in [6, 6.07) is 10.3. The number of amides is 3. The van der Waals surface area contributed by atoms with Crippen LogP contribution in [0.4, 0.5) is 22.7 Å². The molecule has 2 aromatic carbocycles. The molecular weight excluding hydrogens is 408 g/mol. The first-order valence-electron chi connectivity index (χ1n) is 8.95. The van der Waals surface area contributed by atoms with Gasteiger partial charge in [0.25, 0.3) is 10.0 Å². The zero-order valence-corrected chi connectivity index (χ0v) is 18.2. The molecule has 2 aromatic rings. The number of rotatable bonds is 6. The minimum atomic E-state index is -3.95. The number of nitrogens with one attached hydrogen (secondary N) is 2. The second-order valence-corrected chi connectivity index (χ2v) is 8.39. The third-order valence-electron chi connectivity index (χ3n) is 4.36. The van der Waals surface area contributed by atoms with E-state index in [0.717, 1.165) is 0 Å². The molecule has 0 saturated carbocycles. The second-order valence-electron chi connectivity index (χ2n) is 6.71. The molecule has 0 aliphatic rings. The Balaban J connectivity index is 2.42. The third kappa shape index (κ3) is 5.57. The molecule has 2 rings (SSSR count). The lowest BCUT2D eigenvalue weighted by Gasteiger charge is -2.22. The van der Waals surface area contributed by atoms with Gasteiger partial charge in [-0.2, -0.15) is 0 Å². The van der Waals surface area contributed by atoms with Crippen molar-refractivity contribution in [2.45, 2.75) is 25.7 Å². The van der Waals surface area contributed by atoms with Crippen LogP contribution in [0.25, 0.3) is 0 Å². The lowest BCUT2D eigenvalue weighted by atomic mass is 10.2. The minimum absolute atomic E-state index is 0.0107. The normalized spacial score (nSPS) is 10.8. The first kappa shape index (κ1) is 22.9. The first-order valence-corrected chi connectivity index (χ1v) is 10.4.